The molecule has 1 heterocycles. The second-order valence-corrected chi connectivity index (χ2v) is 5.19. The predicted molar refractivity (Wildman–Crippen MR) is 79.1 cm³/mol. The molecule has 0 aliphatic rings. The van der Waals surface area contributed by atoms with E-state index in [9.17, 15) is 8.78 Å². The second-order valence-electron chi connectivity index (χ2n) is 5.19. The lowest BCUT2D eigenvalue weighted by Crippen LogP contribution is -2.32. The molecule has 114 valence electrons. The maximum Gasteiger partial charge on any atom is 0.129 e. The van der Waals surface area contributed by atoms with Crippen LogP contribution in [-0.2, 0) is 19.9 Å². The maximum absolute atomic E-state index is 13.7. The second kappa shape index (κ2) is 7.31. The minimum atomic E-state index is -0.538. The van der Waals surface area contributed by atoms with Gasteiger partial charge in [-0.15, -0.1) is 0 Å². The van der Waals surface area contributed by atoms with Crippen molar-refractivity contribution in [3.63, 3.8) is 0 Å². The summed E-state index contributed by atoms with van der Waals surface area (Å²) in [4.78, 5) is 4.30. The summed E-state index contributed by atoms with van der Waals surface area (Å²) in [5.74, 6) is -0.00311. The van der Waals surface area contributed by atoms with Gasteiger partial charge in [0, 0.05) is 38.0 Å². The highest BCUT2D eigenvalue weighted by molar-refractivity contribution is 5.19. The molecule has 0 saturated carbocycles. The molecule has 0 spiro atoms. The van der Waals surface area contributed by atoms with Crippen LogP contribution in [0.2, 0.25) is 0 Å². The quantitative estimate of drug-likeness (QED) is 0.850. The van der Waals surface area contributed by atoms with Crippen molar-refractivity contribution in [3.05, 3.63) is 53.6 Å². The Morgan fingerprint density at radius 3 is 2.76 bits per heavy atom. The monoisotopic (exact) mass is 293 g/mol. The number of likely N-dealkylation sites (N-methyl/N-ethyl adjacent to an activating group) is 1. The highest BCUT2D eigenvalue weighted by Crippen LogP contribution is 2.14. The average Bonchev–Trinajstić information content (AvgIpc) is 2.85. The first-order valence-electron chi connectivity index (χ1n) is 7.23. The Morgan fingerprint density at radius 1 is 1.33 bits per heavy atom. The third-order valence-corrected chi connectivity index (χ3v) is 3.61. The van der Waals surface area contributed by atoms with Crippen molar-refractivity contribution in [3.8, 4) is 0 Å². The molecule has 3 nitrogen and oxygen atoms in total. The number of halogens is 2. The molecule has 0 fully saturated rings. The summed E-state index contributed by atoms with van der Waals surface area (Å²) >= 11 is 0. The molecule has 1 unspecified atom stereocenters. The van der Waals surface area contributed by atoms with Crippen LogP contribution in [0.1, 0.15) is 24.7 Å². The van der Waals surface area contributed by atoms with Gasteiger partial charge in [-0.3, -0.25) is 0 Å². The van der Waals surface area contributed by atoms with Crippen LogP contribution in [0.25, 0.3) is 0 Å². The van der Waals surface area contributed by atoms with E-state index in [1.807, 2.05) is 24.7 Å². The summed E-state index contributed by atoms with van der Waals surface area (Å²) in [5.41, 5.74) is 0.544. The number of aromatic nitrogens is 2. The largest absolute Gasteiger partial charge is 0.338 e. The fraction of sp³-hybridized carbons (Fsp3) is 0.438. The van der Waals surface area contributed by atoms with Crippen molar-refractivity contribution < 1.29 is 8.78 Å². The number of hydrogen-bond acceptors (Lipinski definition) is 2. The normalized spacial score (nSPS) is 12.6. The van der Waals surface area contributed by atoms with Crippen molar-refractivity contribution in [1.82, 2.24) is 14.9 Å². The predicted octanol–water partition coefficient (Wildman–Crippen LogP) is 2.85. The Labute approximate surface area is 124 Å². The number of benzene rings is 1. The lowest BCUT2D eigenvalue weighted by Gasteiger charge is -2.18. The summed E-state index contributed by atoms with van der Waals surface area (Å²) in [6.07, 6.45) is 5.92. The molecule has 0 bridgehead atoms. The van der Waals surface area contributed by atoms with Crippen molar-refractivity contribution >= 4 is 0 Å². The standard InChI is InChI=1S/C16H21F2N3/c1-3-19-14(6-7-16-20-8-9-21(16)2)10-12-4-5-13(17)11-15(12)18/h4-5,8-9,11,14,19H,3,6-7,10H2,1-2H3. The van der Waals surface area contributed by atoms with Gasteiger partial charge in [-0.25, -0.2) is 13.8 Å². The first-order valence-corrected chi connectivity index (χ1v) is 7.23. The van der Waals surface area contributed by atoms with E-state index in [1.54, 1.807) is 6.20 Å². The number of nitrogens with zero attached hydrogens (tertiary/aromatic N) is 2. The third-order valence-electron chi connectivity index (χ3n) is 3.61. The number of imidazole rings is 1. The molecular weight excluding hydrogens is 272 g/mol. The lowest BCUT2D eigenvalue weighted by molar-refractivity contribution is 0.471. The molecule has 0 aliphatic carbocycles. The van der Waals surface area contributed by atoms with E-state index in [1.165, 1.54) is 12.1 Å². The molecule has 2 rings (SSSR count). The molecule has 1 N–H and O–H groups in total. The Bertz CT molecular complexity index is 581. The van der Waals surface area contributed by atoms with Gasteiger partial charge in [-0.05, 0) is 31.0 Å². The van der Waals surface area contributed by atoms with Gasteiger partial charge >= 0.3 is 0 Å². The summed E-state index contributed by atoms with van der Waals surface area (Å²) in [6.45, 7) is 2.84. The van der Waals surface area contributed by atoms with Crippen LogP contribution >= 0.6 is 0 Å². The number of hydrogen-bond donors (Lipinski definition) is 1. The summed E-state index contributed by atoms with van der Waals surface area (Å²) in [6, 6.07) is 3.92. The van der Waals surface area contributed by atoms with Crippen LogP contribution < -0.4 is 5.32 Å². The van der Waals surface area contributed by atoms with E-state index in [2.05, 4.69) is 10.3 Å². The minimum absolute atomic E-state index is 0.145. The molecule has 1 aromatic heterocycles. The molecule has 1 aromatic carbocycles. The molecule has 0 amide bonds. The van der Waals surface area contributed by atoms with Crippen molar-refractivity contribution in [2.75, 3.05) is 6.54 Å². The van der Waals surface area contributed by atoms with Crippen molar-refractivity contribution in [2.45, 2.75) is 32.2 Å². The van der Waals surface area contributed by atoms with Gasteiger partial charge in [0.25, 0.3) is 0 Å². The topological polar surface area (TPSA) is 29.9 Å². The van der Waals surface area contributed by atoms with E-state index in [-0.39, 0.29) is 6.04 Å². The van der Waals surface area contributed by atoms with Crippen LogP contribution in [0.4, 0.5) is 8.78 Å². The van der Waals surface area contributed by atoms with Crippen LogP contribution in [0.15, 0.2) is 30.6 Å². The minimum Gasteiger partial charge on any atom is -0.338 e. The highest BCUT2D eigenvalue weighted by atomic mass is 19.1. The van der Waals surface area contributed by atoms with Gasteiger partial charge in [-0.2, -0.15) is 0 Å². The average molecular weight is 293 g/mol. The maximum atomic E-state index is 13.7. The van der Waals surface area contributed by atoms with Gasteiger partial charge in [0.2, 0.25) is 0 Å². The molecule has 1 atom stereocenters. The van der Waals surface area contributed by atoms with Gasteiger partial charge in [-0.1, -0.05) is 13.0 Å². The van der Waals surface area contributed by atoms with E-state index in [4.69, 9.17) is 0 Å². The first-order chi connectivity index (χ1) is 10.1. The van der Waals surface area contributed by atoms with E-state index < -0.39 is 11.6 Å². The van der Waals surface area contributed by atoms with Gasteiger partial charge in [0.1, 0.15) is 17.5 Å². The van der Waals surface area contributed by atoms with E-state index >= 15 is 0 Å². The zero-order valence-electron chi connectivity index (χ0n) is 12.4. The van der Waals surface area contributed by atoms with E-state index in [0.717, 1.165) is 31.3 Å². The van der Waals surface area contributed by atoms with E-state index in [0.29, 0.717) is 12.0 Å². The third kappa shape index (κ3) is 4.36. The lowest BCUT2D eigenvalue weighted by atomic mass is 10.0. The Hall–Kier alpha value is -1.75. The zero-order valence-corrected chi connectivity index (χ0v) is 12.4. The Morgan fingerprint density at radius 2 is 2.14 bits per heavy atom. The van der Waals surface area contributed by atoms with Crippen LogP contribution in [0.3, 0.4) is 0 Å². The Balaban J connectivity index is 1.99. The van der Waals surface area contributed by atoms with Crippen LogP contribution in [0, 0.1) is 11.6 Å². The summed E-state index contributed by atoms with van der Waals surface area (Å²) in [5, 5.41) is 3.36. The smallest absolute Gasteiger partial charge is 0.129 e. The summed E-state index contributed by atoms with van der Waals surface area (Å²) in [7, 11) is 1.96. The molecule has 2 aromatic rings. The van der Waals surface area contributed by atoms with Crippen LogP contribution in [0.5, 0.6) is 0 Å². The molecule has 0 aliphatic heterocycles. The SMILES string of the molecule is CCNC(CCc1nccn1C)Cc1ccc(F)cc1F. The number of rotatable bonds is 7. The molecule has 5 heteroatoms. The number of nitrogens with one attached hydrogen (secondary N) is 1. The van der Waals surface area contributed by atoms with Gasteiger partial charge in [0.05, 0.1) is 0 Å². The summed E-state index contributed by atoms with van der Waals surface area (Å²) < 4.78 is 28.7. The fourth-order valence-corrected chi connectivity index (χ4v) is 2.46. The Kier molecular flexibility index (Phi) is 5.44. The van der Waals surface area contributed by atoms with Crippen molar-refractivity contribution in [1.29, 1.82) is 0 Å². The van der Waals surface area contributed by atoms with Gasteiger partial charge in [0.15, 0.2) is 0 Å². The molecular formula is C16H21F2N3. The van der Waals surface area contributed by atoms with Crippen LogP contribution in [-0.4, -0.2) is 22.1 Å². The zero-order chi connectivity index (χ0) is 15.2. The first kappa shape index (κ1) is 15.6. The van der Waals surface area contributed by atoms with Gasteiger partial charge < -0.3 is 9.88 Å². The molecule has 21 heavy (non-hydrogen) atoms. The highest BCUT2D eigenvalue weighted by Gasteiger charge is 2.13. The number of aryl methyl sites for hydroxylation is 2. The molecule has 0 radical (unpaired) electrons. The fourth-order valence-electron chi connectivity index (χ4n) is 2.46. The van der Waals surface area contributed by atoms with Crippen molar-refractivity contribution in [2.24, 2.45) is 7.05 Å². The molecule has 0 saturated heterocycles.